The van der Waals surface area contributed by atoms with Gasteiger partial charge in [-0.15, -0.1) is 24.0 Å². The van der Waals surface area contributed by atoms with Crippen LogP contribution in [0.5, 0.6) is 5.75 Å². The van der Waals surface area contributed by atoms with Crippen LogP contribution >= 0.6 is 24.0 Å². The van der Waals surface area contributed by atoms with Crippen molar-refractivity contribution >= 4 is 41.6 Å². The van der Waals surface area contributed by atoms with E-state index in [4.69, 9.17) is 0 Å². The molecule has 12 heteroatoms. The first-order valence-corrected chi connectivity index (χ1v) is 10.1. The van der Waals surface area contributed by atoms with Gasteiger partial charge in [-0.3, -0.25) is 4.99 Å². The minimum atomic E-state index is -4.51. The maximum atomic E-state index is 12.7. The van der Waals surface area contributed by atoms with Gasteiger partial charge in [-0.05, 0) is 25.1 Å². The fraction of sp³-hybridized carbons (Fsp3) is 0.450. The number of aromatic hydroxyl groups is 1. The van der Waals surface area contributed by atoms with Gasteiger partial charge in [0.2, 0.25) is 5.95 Å². The van der Waals surface area contributed by atoms with Crippen LogP contribution in [0.3, 0.4) is 0 Å². The number of hydrogen-bond acceptors (Lipinski definition) is 6. The monoisotopic (exact) mass is 565 g/mol. The van der Waals surface area contributed by atoms with Crippen LogP contribution in [-0.2, 0) is 6.18 Å². The molecule has 8 nitrogen and oxygen atoms in total. The number of aliphatic imine (C=N–C) groups is 1. The van der Waals surface area contributed by atoms with Gasteiger partial charge in [0, 0.05) is 45.5 Å². The molecule has 0 atom stereocenters. The number of phenolic OH excluding ortho intramolecular Hbond substituents is 1. The summed E-state index contributed by atoms with van der Waals surface area (Å²) in [5.41, 5.74) is -0.168. The zero-order chi connectivity index (χ0) is 22.3. The number of phenols is 1. The SMILES string of the molecule is CCNC(=NCCNc1nccc(C(F)(F)F)n1)N1CCN(c2ccccc2O)CC1.I. The fourth-order valence-electron chi connectivity index (χ4n) is 3.25. The van der Waals surface area contributed by atoms with E-state index in [2.05, 4.69) is 35.4 Å². The summed E-state index contributed by atoms with van der Waals surface area (Å²) < 4.78 is 38.2. The van der Waals surface area contributed by atoms with Crippen LogP contribution in [0.1, 0.15) is 12.6 Å². The quantitative estimate of drug-likeness (QED) is 0.215. The fourth-order valence-corrected chi connectivity index (χ4v) is 3.25. The first-order valence-electron chi connectivity index (χ1n) is 10.1. The lowest BCUT2D eigenvalue weighted by Crippen LogP contribution is -2.52. The van der Waals surface area contributed by atoms with Crippen LogP contribution < -0.4 is 15.5 Å². The lowest BCUT2D eigenvalue weighted by molar-refractivity contribution is -0.141. The molecular formula is C20H27F3IN7O. The molecule has 1 saturated heterocycles. The summed E-state index contributed by atoms with van der Waals surface area (Å²) in [6, 6.07) is 8.10. The summed E-state index contributed by atoms with van der Waals surface area (Å²) in [6.07, 6.45) is -3.43. The molecular weight excluding hydrogens is 538 g/mol. The summed E-state index contributed by atoms with van der Waals surface area (Å²) in [5, 5.41) is 16.1. The summed E-state index contributed by atoms with van der Waals surface area (Å²) in [4.78, 5) is 16.1. The van der Waals surface area contributed by atoms with Crippen LogP contribution in [0, 0.1) is 0 Å². The Kier molecular flexibility index (Phi) is 9.60. The third-order valence-electron chi connectivity index (χ3n) is 4.74. The molecule has 176 valence electrons. The van der Waals surface area contributed by atoms with Gasteiger partial charge in [-0.25, -0.2) is 9.97 Å². The predicted molar refractivity (Wildman–Crippen MR) is 129 cm³/mol. The average Bonchev–Trinajstić information content (AvgIpc) is 2.76. The van der Waals surface area contributed by atoms with Crippen molar-refractivity contribution < 1.29 is 18.3 Å². The predicted octanol–water partition coefficient (Wildman–Crippen LogP) is 3.02. The van der Waals surface area contributed by atoms with E-state index in [-0.39, 0.29) is 35.7 Å². The van der Waals surface area contributed by atoms with Crippen molar-refractivity contribution in [3.05, 3.63) is 42.2 Å². The number of benzene rings is 1. The second-order valence-electron chi connectivity index (χ2n) is 6.89. The Morgan fingerprint density at radius 3 is 2.53 bits per heavy atom. The number of piperazine rings is 1. The second kappa shape index (κ2) is 11.9. The van der Waals surface area contributed by atoms with Gasteiger partial charge in [0.1, 0.15) is 11.4 Å². The smallest absolute Gasteiger partial charge is 0.433 e. The molecule has 1 aromatic heterocycles. The molecule has 3 N–H and O–H groups in total. The van der Waals surface area contributed by atoms with Crippen LogP contribution in [0.2, 0.25) is 0 Å². The van der Waals surface area contributed by atoms with Crippen molar-refractivity contribution in [2.45, 2.75) is 13.1 Å². The van der Waals surface area contributed by atoms with E-state index < -0.39 is 11.9 Å². The number of hydrogen-bond donors (Lipinski definition) is 3. The lowest BCUT2D eigenvalue weighted by atomic mass is 10.2. The van der Waals surface area contributed by atoms with Crippen LogP contribution in [0.25, 0.3) is 0 Å². The van der Waals surface area contributed by atoms with Gasteiger partial charge < -0.3 is 25.5 Å². The molecule has 1 aliphatic heterocycles. The highest BCUT2D eigenvalue weighted by Crippen LogP contribution is 2.28. The topological polar surface area (TPSA) is 88.9 Å². The first-order chi connectivity index (χ1) is 14.9. The van der Waals surface area contributed by atoms with E-state index in [1.54, 1.807) is 12.1 Å². The van der Waals surface area contributed by atoms with Crippen molar-refractivity contribution in [2.75, 3.05) is 56.0 Å². The highest BCUT2D eigenvalue weighted by molar-refractivity contribution is 14.0. The third kappa shape index (κ3) is 7.00. The molecule has 0 saturated carbocycles. The normalized spacial score (nSPS) is 14.7. The first kappa shape index (κ1) is 25.7. The van der Waals surface area contributed by atoms with Gasteiger partial charge in [-0.2, -0.15) is 13.2 Å². The largest absolute Gasteiger partial charge is 0.506 e. The van der Waals surface area contributed by atoms with Crippen LogP contribution in [0.15, 0.2) is 41.5 Å². The van der Waals surface area contributed by atoms with Crippen molar-refractivity contribution in [3.8, 4) is 5.75 Å². The Morgan fingerprint density at radius 1 is 1.16 bits per heavy atom. The number of alkyl halides is 3. The maximum absolute atomic E-state index is 12.7. The number of aromatic nitrogens is 2. The van der Waals surface area contributed by atoms with Crippen molar-refractivity contribution in [3.63, 3.8) is 0 Å². The number of nitrogens with one attached hydrogen (secondary N) is 2. The minimum Gasteiger partial charge on any atom is -0.506 e. The number of rotatable bonds is 6. The molecule has 0 radical (unpaired) electrons. The molecule has 0 bridgehead atoms. The highest BCUT2D eigenvalue weighted by atomic mass is 127. The van der Waals surface area contributed by atoms with E-state index in [0.717, 1.165) is 50.1 Å². The highest BCUT2D eigenvalue weighted by Gasteiger charge is 2.32. The Morgan fingerprint density at radius 2 is 1.88 bits per heavy atom. The molecule has 3 rings (SSSR count). The van der Waals surface area contributed by atoms with Gasteiger partial charge in [0.15, 0.2) is 5.96 Å². The van der Waals surface area contributed by atoms with E-state index in [0.29, 0.717) is 19.6 Å². The molecule has 1 aromatic carbocycles. The summed E-state index contributed by atoms with van der Waals surface area (Å²) >= 11 is 0. The van der Waals surface area contributed by atoms with Crippen molar-refractivity contribution in [2.24, 2.45) is 4.99 Å². The third-order valence-corrected chi connectivity index (χ3v) is 4.74. The standard InChI is InChI=1S/C20H26F3N7O.HI/c1-2-24-19(27-10-9-26-18-25-8-7-17(28-18)20(21,22)23)30-13-11-29(12-14-30)15-5-3-4-6-16(15)31;/h3-8,31H,2,9-14H2,1H3,(H,24,27)(H,25,26,28);1H. The molecule has 1 aliphatic rings. The van der Waals surface area contributed by atoms with E-state index in [1.165, 1.54) is 0 Å². The number of halogens is 4. The molecule has 32 heavy (non-hydrogen) atoms. The molecule has 1 fully saturated rings. The van der Waals surface area contributed by atoms with E-state index >= 15 is 0 Å². The molecule has 0 aliphatic carbocycles. The summed E-state index contributed by atoms with van der Waals surface area (Å²) in [6.45, 7) is 6.24. The number of anilines is 2. The Labute approximate surface area is 202 Å². The Balaban J connectivity index is 0.00000363. The van der Waals surface area contributed by atoms with E-state index in [9.17, 15) is 18.3 Å². The zero-order valence-electron chi connectivity index (χ0n) is 17.6. The number of para-hydroxylation sites is 2. The van der Waals surface area contributed by atoms with Gasteiger partial charge in [-0.1, -0.05) is 12.1 Å². The molecule has 0 spiro atoms. The van der Waals surface area contributed by atoms with Crippen LogP contribution in [0.4, 0.5) is 24.8 Å². The van der Waals surface area contributed by atoms with Gasteiger partial charge in [0.05, 0.1) is 12.2 Å². The Hall–Kier alpha value is -2.51. The van der Waals surface area contributed by atoms with Crippen molar-refractivity contribution in [1.82, 2.24) is 20.2 Å². The van der Waals surface area contributed by atoms with Gasteiger partial charge >= 0.3 is 6.18 Å². The van der Waals surface area contributed by atoms with Gasteiger partial charge in [0.25, 0.3) is 0 Å². The number of nitrogens with zero attached hydrogens (tertiary/aromatic N) is 5. The molecule has 0 unspecified atom stereocenters. The molecule has 2 heterocycles. The summed E-state index contributed by atoms with van der Waals surface area (Å²) in [5.74, 6) is 0.928. The summed E-state index contributed by atoms with van der Waals surface area (Å²) in [7, 11) is 0. The lowest BCUT2D eigenvalue weighted by Gasteiger charge is -2.37. The van der Waals surface area contributed by atoms with Crippen molar-refractivity contribution in [1.29, 1.82) is 0 Å². The zero-order valence-corrected chi connectivity index (χ0v) is 20.0. The van der Waals surface area contributed by atoms with E-state index in [1.807, 2.05) is 19.1 Å². The minimum absolute atomic E-state index is 0. The number of guanidine groups is 1. The second-order valence-corrected chi connectivity index (χ2v) is 6.89. The molecule has 2 aromatic rings. The Bertz CT molecular complexity index is 889. The van der Waals surface area contributed by atoms with Crippen LogP contribution in [-0.4, -0.2) is 71.7 Å². The maximum Gasteiger partial charge on any atom is 0.433 e. The molecule has 0 amide bonds. The average molecular weight is 565 g/mol.